The number of hydrogen-bond acceptors (Lipinski definition) is 3. The molecule has 0 radical (unpaired) electrons. The van der Waals surface area contributed by atoms with Crippen LogP contribution in [0.2, 0.25) is 0 Å². The van der Waals surface area contributed by atoms with Gasteiger partial charge in [-0.15, -0.1) is 6.58 Å². The fourth-order valence-corrected chi connectivity index (χ4v) is 5.44. The molecule has 0 aromatic heterocycles. The van der Waals surface area contributed by atoms with Gasteiger partial charge in [0.25, 0.3) is 0 Å². The smallest absolute Gasteiger partial charge is 0.243 e. The number of nitrogens with zero attached hydrogens (tertiary/aromatic N) is 2. The fraction of sp³-hybridized carbons (Fsp3) is 0.400. The van der Waals surface area contributed by atoms with E-state index in [9.17, 15) is 13.2 Å². The zero-order chi connectivity index (χ0) is 22.4. The van der Waals surface area contributed by atoms with Crippen LogP contribution in [0.4, 0.5) is 0 Å². The maximum atomic E-state index is 13.1. The van der Waals surface area contributed by atoms with E-state index in [1.807, 2.05) is 47.4 Å². The summed E-state index contributed by atoms with van der Waals surface area (Å²) in [5, 5.41) is 0. The lowest BCUT2D eigenvalue weighted by molar-refractivity contribution is -0.136. The number of carbonyl (C=O) groups is 1. The van der Waals surface area contributed by atoms with Crippen LogP contribution < -0.4 is 0 Å². The highest BCUT2D eigenvalue weighted by Gasteiger charge is 2.33. The van der Waals surface area contributed by atoms with Gasteiger partial charge in [0.2, 0.25) is 15.9 Å². The van der Waals surface area contributed by atoms with Gasteiger partial charge in [-0.2, -0.15) is 4.31 Å². The number of rotatable bonds is 8. The number of benzene rings is 2. The second-order valence-electron chi connectivity index (χ2n) is 8.40. The Balaban J connectivity index is 1.64. The Hall–Kier alpha value is -2.44. The SMILES string of the molecule is C=CCN(Cc1ccccc1)C(=O)C1CCN(S(=O)(=O)c2ccc(C(C)C)cc2)CC1. The van der Waals surface area contributed by atoms with Gasteiger partial charge >= 0.3 is 0 Å². The van der Waals surface area contributed by atoms with Crippen molar-refractivity contribution < 1.29 is 13.2 Å². The van der Waals surface area contributed by atoms with Crippen molar-refractivity contribution in [1.29, 1.82) is 0 Å². The van der Waals surface area contributed by atoms with E-state index in [0.717, 1.165) is 11.1 Å². The summed E-state index contributed by atoms with van der Waals surface area (Å²) in [7, 11) is -3.54. The third-order valence-corrected chi connectivity index (χ3v) is 7.78. The van der Waals surface area contributed by atoms with E-state index < -0.39 is 10.0 Å². The number of hydrogen-bond donors (Lipinski definition) is 0. The van der Waals surface area contributed by atoms with Gasteiger partial charge in [0.1, 0.15) is 0 Å². The Morgan fingerprint density at radius 1 is 1.10 bits per heavy atom. The van der Waals surface area contributed by atoms with E-state index in [1.165, 1.54) is 4.31 Å². The van der Waals surface area contributed by atoms with Crippen molar-refractivity contribution in [2.24, 2.45) is 5.92 Å². The van der Waals surface area contributed by atoms with Crippen LogP contribution >= 0.6 is 0 Å². The minimum Gasteiger partial charge on any atom is -0.334 e. The maximum absolute atomic E-state index is 13.1. The number of amides is 1. The summed E-state index contributed by atoms with van der Waals surface area (Å²) in [6, 6.07) is 17.0. The van der Waals surface area contributed by atoms with E-state index in [1.54, 1.807) is 18.2 Å². The highest BCUT2D eigenvalue weighted by Crippen LogP contribution is 2.26. The molecule has 5 nitrogen and oxygen atoms in total. The monoisotopic (exact) mass is 440 g/mol. The molecule has 0 atom stereocenters. The summed E-state index contributed by atoms with van der Waals surface area (Å²) in [4.78, 5) is 15.3. The molecule has 1 heterocycles. The van der Waals surface area contributed by atoms with Crippen LogP contribution in [0.5, 0.6) is 0 Å². The second kappa shape index (κ2) is 10.2. The number of piperidine rings is 1. The van der Waals surface area contributed by atoms with E-state index in [-0.39, 0.29) is 11.8 Å². The highest BCUT2D eigenvalue weighted by atomic mass is 32.2. The molecule has 0 aliphatic carbocycles. The Morgan fingerprint density at radius 2 is 1.71 bits per heavy atom. The van der Waals surface area contributed by atoms with E-state index in [2.05, 4.69) is 20.4 Å². The number of carbonyl (C=O) groups excluding carboxylic acids is 1. The van der Waals surface area contributed by atoms with Crippen LogP contribution in [0, 0.1) is 5.92 Å². The predicted molar refractivity (Wildman–Crippen MR) is 124 cm³/mol. The molecule has 0 spiro atoms. The molecular weight excluding hydrogens is 408 g/mol. The van der Waals surface area contributed by atoms with Crippen LogP contribution in [0.25, 0.3) is 0 Å². The summed E-state index contributed by atoms with van der Waals surface area (Å²) >= 11 is 0. The van der Waals surface area contributed by atoms with E-state index in [0.29, 0.717) is 49.8 Å². The zero-order valence-electron chi connectivity index (χ0n) is 18.4. The molecule has 31 heavy (non-hydrogen) atoms. The van der Waals surface area contributed by atoms with Crippen molar-refractivity contribution in [1.82, 2.24) is 9.21 Å². The molecule has 1 aliphatic heterocycles. The normalized spacial score (nSPS) is 15.7. The van der Waals surface area contributed by atoms with Gasteiger partial charge in [0, 0.05) is 32.1 Å². The van der Waals surface area contributed by atoms with E-state index in [4.69, 9.17) is 0 Å². The van der Waals surface area contributed by atoms with Crippen LogP contribution in [0.15, 0.2) is 72.1 Å². The van der Waals surface area contributed by atoms with Crippen LogP contribution in [0.1, 0.15) is 43.7 Å². The molecule has 1 amide bonds. The van der Waals surface area contributed by atoms with Gasteiger partial charge in [0.15, 0.2) is 0 Å². The van der Waals surface area contributed by atoms with Gasteiger partial charge in [0.05, 0.1) is 4.90 Å². The van der Waals surface area contributed by atoms with Crippen LogP contribution in [0.3, 0.4) is 0 Å². The van der Waals surface area contributed by atoms with Crippen molar-refractivity contribution >= 4 is 15.9 Å². The van der Waals surface area contributed by atoms with Gasteiger partial charge < -0.3 is 4.90 Å². The van der Waals surface area contributed by atoms with Crippen molar-refractivity contribution in [3.63, 3.8) is 0 Å². The molecule has 1 fully saturated rings. The zero-order valence-corrected chi connectivity index (χ0v) is 19.2. The summed E-state index contributed by atoms with van der Waals surface area (Å²) in [6.07, 6.45) is 2.80. The Labute approximate surface area is 186 Å². The van der Waals surface area contributed by atoms with Crippen molar-refractivity contribution in [3.05, 3.63) is 78.4 Å². The number of sulfonamides is 1. The molecule has 0 unspecified atom stereocenters. The summed E-state index contributed by atoms with van der Waals surface area (Å²) < 4.78 is 27.6. The van der Waals surface area contributed by atoms with Gasteiger partial charge in [-0.3, -0.25) is 4.79 Å². The Bertz CT molecular complexity index is 977. The third-order valence-electron chi connectivity index (χ3n) is 5.87. The first-order valence-corrected chi connectivity index (χ1v) is 12.3. The molecule has 2 aromatic rings. The molecule has 0 saturated carbocycles. The lowest BCUT2D eigenvalue weighted by atomic mass is 9.96. The molecule has 1 saturated heterocycles. The van der Waals surface area contributed by atoms with Crippen molar-refractivity contribution in [2.45, 2.75) is 44.0 Å². The topological polar surface area (TPSA) is 57.7 Å². The maximum Gasteiger partial charge on any atom is 0.243 e. The van der Waals surface area contributed by atoms with Crippen LogP contribution in [-0.4, -0.2) is 43.2 Å². The summed E-state index contributed by atoms with van der Waals surface area (Å²) in [5.41, 5.74) is 2.19. The molecule has 166 valence electrons. The lowest BCUT2D eigenvalue weighted by Gasteiger charge is -2.33. The van der Waals surface area contributed by atoms with Crippen molar-refractivity contribution in [3.8, 4) is 0 Å². The third kappa shape index (κ3) is 5.63. The highest BCUT2D eigenvalue weighted by molar-refractivity contribution is 7.89. The quantitative estimate of drug-likeness (QED) is 0.571. The van der Waals surface area contributed by atoms with Gasteiger partial charge in [-0.25, -0.2) is 8.42 Å². The first-order valence-electron chi connectivity index (χ1n) is 10.9. The standard InChI is InChI=1S/C25H32N2O3S/c1-4-16-26(19-21-8-6-5-7-9-21)25(28)23-14-17-27(18-15-23)31(29,30)24-12-10-22(11-13-24)20(2)3/h4-13,20,23H,1,14-19H2,2-3H3. The first-order chi connectivity index (χ1) is 14.8. The molecule has 2 aromatic carbocycles. The average molecular weight is 441 g/mol. The molecule has 1 aliphatic rings. The van der Waals surface area contributed by atoms with E-state index >= 15 is 0 Å². The minimum absolute atomic E-state index is 0.0714. The largest absolute Gasteiger partial charge is 0.334 e. The molecule has 0 bridgehead atoms. The summed E-state index contributed by atoms with van der Waals surface area (Å²) in [5.74, 6) is 0.258. The lowest BCUT2D eigenvalue weighted by Crippen LogP contribution is -2.44. The molecular formula is C25H32N2O3S. The predicted octanol–water partition coefficient (Wildman–Crippen LogP) is 4.43. The van der Waals surface area contributed by atoms with Gasteiger partial charge in [-0.05, 0) is 42.0 Å². The Kier molecular flexibility index (Phi) is 7.68. The Morgan fingerprint density at radius 3 is 2.26 bits per heavy atom. The molecule has 3 rings (SSSR count). The first kappa shape index (κ1) is 23.2. The molecule has 0 N–H and O–H groups in total. The van der Waals surface area contributed by atoms with Crippen molar-refractivity contribution in [2.75, 3.05) is 19.6 Å². The minimum atomic E-state index is -3.54. The average Bonchev–Trinajstić information content (AvgIpc) is 2.79. The second-order valence-corrected chi connectivity index (χ2v) is 10.3. The summed E-state index contributed by atoms with van der Waals surface area (Å²) in [6.45, 7) is 9.68. The van der Waals surface area contributed by atoms with Gasteiger partial charge in [-0.1, -0.05) is 62.4 Å². The van der Waals surface area contributed by atoms with Crippen LogP contribution in [-0.2, 0) is 21.4 Å². The molecule has 6 heteroatoms. The fourth-order valence-electron chi connectivity index (χ4n) is 3.97.